The van der Waals surface area contributed by atoms with E-state index in [-0.39, 0.29) is 21.8 Å². The van der Waals surface area contributed by atoms with Crippen LogP contribution in [-0.4, -0.2) is 43.9 Å². The fraction of sp³-hybridized carbons (Fsp3) is 0.500. The Hall–Kier alpha value is -0.700. The van der Waals surface area contributed by atoms with Gasteiger partial charge in [0.15, 0.2) is 8.68 Å². The summed E-state index contributed by atoms with van der Waals surface area (Å²) in [5.74, 6) is -0.603. The molecule has 9 heteroatoms. The minimum atomic E-state index is -3.73. The molecular weight excluding hydrogens is 288 g/mol. The number of hydrogen-bond donors (Lipinski definition) is 0. The van der Waals surface area contributed by atoms with E-state index in [0.29, 0.717) is 0 Å². The van der Waals surface area contributed by atoms with Gasteiger partial charge in [0.1, 0.15) is 6.54 Å². The van der Waals surface area contributed by atoms with Crippen LogP contribution in [0.15, 0.2) is 10.4 Å². The van der Waals surface area contributed by atoms with Gasteiger partial charge in [-0.3, -0.25) is 4.79 Å². The standard InChI is InChI=1S/C8H11ClN2O4S2/c1-3-15-6(12)5-11(2)17(13,14)7-4-10-8(9)16-7/h4H,3,5H2,1-2H3. The number of carbonyl (C=O) groups excluding carboxylic acids is 1. The maximum atomic E-state index is 11.9. The van der Waals surface area contributed by atoms with Crippen molar-refractivity contribution in [3.63, 3.8) is 0 Å². The van der Waals surface area contributed by atoms with Crippen LogP contribution in [-0.2, 0) is 19.6 Å². The van der Waals surface area contributed by atoms with Crippen molar-refractivity contribution in [1.82, 2.24) is 9.29 Å². The second-order valence-corrected chi connectivity index (χ2v) is 6.88. The zero-order valence-electron chi connectivity index (χ0n) is 9.21. The zero-order valence-corrected chi connectivity index (χ0v) is 11.6. The van der Waals surface area contributed by atoms with Gasteiger partial charge in [0.2, 0.25) is 0 Å². The molecule has 0 unspecified atom stereocenters. The van der Waals surface area contributed by atoms with Crippen LogP contribution in [0.3, 0.4) is 0 Å². The molecule has 0 N–H and O–H groups in total. The molecular formula is C8H11ClN2O4S2. The topological polar surface area (TPSA) is 76.6 Å². The van der Waals surface area contributed by atoms with Crippen LogP contribution in [0.2, 0.25) is 4.47 Å². The van der Waals surface area contributed by atoms with E-state index in [1.807, 2.05) is 0 Å². The molecule has 17 heavy (non-hydrogen) atoms. The highest BCUT2D eigenvalue weighted by atomic mass is 35.5. The number of hydrogen-bond acceptors (Lipinski definition) is 6. The van der Waals surface area contributed by atoms with E-state index in [2.05, 4.69) is 9.72 Å². The minimum Gasteiger partial charge on any atom is -0.465 e. The number of carbonyl (C=O) groups is 1. The number of aromatic nitrogens is 1. The SMILES string of the molecule is CCOC(=O)CN(C)S(=O)(=O)c1cnc(Cl)s1. The Morgan fingerprint density at radius 2 is 2.29 bits per heavy atom. The largest absolute Gasteiger partial charge is 0.465 e. The molecule has 0 radical (unpaired) electrons. The summed E-state index contributed by atoms with van der Waals surface area (Å²) in [6, 6.07) is 0. The minimum absolute atomic E-state index is 0.00528. The van der Waals surface area contributed by atoms with E-state index in [1.165, 1.54) is 7.05 Å². The number of likely N-dealkylation sites (N-methyl/N-ethyl adjacent to an activating group) is 1. The summed E-state index contributed by atoms with van der Waals surface area (Å²) in [5, 5.41) is 0. The van der Waals surface area contributed by atoms with Crippen LogP contribution >= 0.6 is 22.9 Å². The molecule has 0 amide bonds. The van der Waals surface area contributed by atoms with E-state index in [1.54, 1.807) is 6.92 Å². The highest BCUT2D eigenvalue weighted by Gasteiger charge is 2.25. The van der Waals surface area contributed by atoms with Gasteiger partial charge in [-0.05, 0) is 6.92 Å². The lowest BCUT2D eigenvalue weighted by atomic mass is 10.6. The predicted molar refractivity (Wildman–Crippen MR) is 63.6 cm³/mol. The molecule has 0 aliphatic heterocycles. The molecule has 0 fully saturated rings. The van der Waals surface area contributed by atoms with Crippen molar-refractivity contribution in [1.29, 1.82) is 0 Å². The Balaban J connectivity index is 2.81. The number of sulfonamides is 1. The molecule has 0 saturated carbocycles. The lowest BCUT2D eigenvalue weighted by Gasteiger charge is -2.14. The molecule has 1 rings (SSSR count). The van der Waals surface area contributed by atoms with Crippen molar-refractivity contribution in [3.05, 3.63) is 10.7 Å². The third kappa shape index (κ3) is 3.63. The van der Waals surface area contributed by atoms with Crippen molar-refractivity contribution >= 4 is 38.9 Å². The van der Waals surface area contributed by atoms with Crippen LogP contribution in [0.1, 0.15) is 6.92 Å². The smallest absolute Gasteiger partial charge is 0.321 e. The third-order valence-corrected chi connectivity index (χ3v) is 5.13. The molecule has 0 bridgehead atoms. The van der Waals surface area contributed by atoms with Gasteiger partial charge in [-0.1, -0.05) is 22.9 Å². The van der Waals surface area contributed by atoms with Crippen LogP contribution in [0.4, 0.5) is 0 Å². The zero-order chi connectivity index (χ0) is 13.1. The quantitative estimate of drug-likeness (QED) is 0.757. The normalized spacial score (nSPS) is 11.8. The molecule has 0 saturated heterocycles. The van der Waals surface area contributed by atoms with Crippen molar-refractivity contribution < 1.29 is 17.9 Å². The third-order valence-electron chi connectivity index (χ3n) is 1.78. The summed E-state index contributed by atoms with van der Waals surface area (Å²) in [5.41, 5.74) is 0. The van der Waals surface area contributed by atoms with Crippen molar-refractivity contribution in [3.8, 4) is 0 Å². The lowest BCUT2D eigenvalue weighted by Crippen LogP contribution is -2.32. The predicted octanol–water partition coefficient (Wildman–Crippen LogP) is 0.980. The molecule has 1 aromatic rings. The highest BCUT2D eigenvalue weighted by Crippen LogP contribution is 2.24. The van der Waals surface area contributed by atoms with Gasteiger partial charge in [0, 0.05) is 7.05 Å². The second kappa shape index (κ2) is 5.76. The van der Waals surface area contributed by atoms with E-state index >= 15 is 0 Å². The van der Waals surface area contributed by atoms with Crippen LogP contribution < -0.4 is 0 Å². The van der Waals surface area contributed by atoms with Gasteiger partial charge in [0.05, 0.1) is 12.8 Å². The first-order chi connectivity index (χ1) is 7.87. The van der Waals surface area contributed by atoms with Gasteiger partial charge in [-0.15, -0.1) is 0 Å². The van der Waals surface area contributed by atoms with Gasteiger partial charge in [-0.25, -0.2) is 13.4 Å². The lowest BCUT2D eigenvalue weighted by molar-refractivity contribution is -0.143. The maximum Gasteiger partial charge on any atom is 0.321 e. The number of nitrogens with zero attached hydrogens (tertiary/aromatic N) is 2. The van der Waals surface area contributed by atoms with Crippen LogP contribution in [0.25, 0.3) is 0 Å². The van der Waals surface area contributed by atoms with Crippen molar-refractivity contribution in [2.45, 2.75) is 11.1 Å². The summed E-state index contributed by atoms with van der Waals surface area (Å²) < 4.78 is 29.5. The van der Waals surface area contributed by atoms with Crippen molar-refractivity contribution in [2.24, 2.45) is 0 Å². The first-order valence-corrected chi connectivity index (χ1v) is 7.24. The highest BCUT2D eigenvalue weighted by molar-refractivity contribution is 7.91. The first kappa shape index (κ1) is 14.4. The summed E-state index contributed by atoms with van der Waals surface area (Å²) in [4.78, 5) is 14.8. The molecule has 96 valence electrons. The number of esters is 1. The fourth-order valence-corrected chi connectivity index (χ4v) is 3.61. The van der Waals surface area contributed by atoms with E-state index in [0.717, 1.165) is 21.8 Å². The average Bonchev–Trinajstić information content (AvgIpc) is 2.65. The van der Waals surface area contributed by atoms with Gasteiger partial charge >= 0.3 is 5.97 Å². The second-order valence-electron chi connectivity index (χ2n) is 3.00. The summed E-state index contributed by atoms with van der Waals surface area (Å²) >= 11 is 6.40. The summed E-state index contributed by atoms with van der Waals surface area (Å²) in [7, 11) is -2.44. The van der Waals surface area contributed by atoms with E-state index in [9.17, 15) is 13.2 Å². The maximum absolute atomic E-state index is 11.9. The van der Waals surface area contributed by atoms with E-state index in [4.69, 9.17) is 11.6 Å². The fourth-order valence-electron chi connectivity index (χ4n) is 0.985. The monoisotopic (exact) mass is 298 g/mol. The Morgan fingerprint density at radius 1 is 1.65 bits per heavy atom. The Bertz CT molecular complexity index is 499. The number of thiazole rings is 1. The summed E-state index contributed by atoms with van der Waals surface area (Å²) in [6.45, 7) is 1.51. The number of halogens is 1. The molecule has 0 aliphatic rings. The van der Waals surface area contributed by atoms with Gasteiger partial charge < -0.3 is 4.74 Å². The molecule has 0 aliphatic carbocycles. The Morgan fingerprint density at radius 3 is 2.76 bits per heavy atom. The molecule has 0 spiro atoms. The Labute approximate surface area is 108 Å². The van der Waals surface area contributed by atoms with Crippen LogP contribution in [0, 0.1) is 0 Å². The number of ether oxygens (including phenoxy) is 1. The van der Waals surface area contributed by atoms with E-state index < -0.39 is 16.0 Å². The molecule has 1 heterocycles. The van der Waals surface area contributed by atoms with Crippen molar-refractivity contribution in [2.75, 3.05) is 20.2 Å². The molecule has 6 nitrogen and oxygen atoms in total. The molecule has 1 aromatic heterocycles. The van der Waals surface area contributed by atoms with Gasteiger partial charge in [-0.2, -0.15) is 4.31 Å². The molecule has 0 atom stereocenters. The van der Waals surface area contributed by atoms with Crippen LogP contribution in [0.5, 0.6) is 0 Å². The molecule has 0 aromatic carbocycles. The average molecular weight is 299 g/mol. The van der Waals surface area contributed by atoms with Gasteiger partial charge in [0.25, 0.3) is 10.0 Å². The Kier molecular flexibility index (Phi) is 4.87. The number of rotatable bonds is 5. The first-order valence-electron chi connectivity index (χ1n) is 4.61. The summed E-state index contributed by atoms with van der Waals surface area (Å²) in [6.07, 6.45) is 1.16.